The summed E-state index contributed by atoms with van der Waals surface area (Å²) in [7, 11) is 0. The monoisotopic (exact) mass is 270 g/mol. The molecule has 0 aliphatic rings. The molecule has 0 saturated carbocycles. The van der Waals surface area contributed by atoms with Gasteiger partial charge in [-0.3, -0.25) is 4.98 Å². The van der Waals surface area contributed by atoms with Crippen molar-refractivity contribution in [3.05, 3.63) is 65.7 Å². The number of benzene rings is 1. The first-order chi connectivity index (χ1) is 9.76. The van der Waals surface area contributed by atoms with Crippen LogP contribution in [0.1, 0.15) is 29.4 Å². The van der Waals surface area contributed by atoms with Crippen molar-refractivity contribution < 1.29 is 9.50 Å². The number of aliphatic hydroxyl groups is 1. The van der Waals surface area contributed by atoms with Gasteiger partial charge in [0.1, 0.15) is 5.82 Å². The average molecular weight is 270 g/mol. The van der Waals surface area contributed by atoms with E-state index in [4.69, 9.17) is 0 Å². The van der Waals surface area contributed by atoms with Crippen molar-refractivity contribution in [2.24, 2.45) is 0 Å². The van der Waals surface area contributed by atoms with Crippen molar-refractivity contribution in [2.45, 2.75) is 18.3 Å². The molecule has 1 N–H and O–H groups in total. The Bertz CT molecular complexity index is 595. The molecule has 0 unspecified atom stereocenters. The van der Waals surface area contributed by atoms with Gasteiger partial charge in [0.2, 0.25) is 0 Å². The summed E-state index contributed by atoms with van der Waals surface area (Å²) in [5.74, 6) is -1.15. The summed E-state index contributed by atoms with van der Waals surface area (Å²) in [4.78, 5) is 3.83. The molecule has 20 heavy (non-hydrogen) atoms. The van der Waals surface area contributed by atoms with E-state index in [0.717, 1.165) is 11.8 Å². The van der Waals surface area contributed by atoms with Crippen LogP contribution in [0, 0.1) is 17.1 Å². The number of nitriles is 1. The first kappa shape index (κ1) is 14.2. The highest BCUT2D eigenvalue weighted by atomic mass is 19.1. The van der Waals surface area contributed by atoms with E-state index in [0.29, 0.717) is 12.0 Å². The molecule has 1 aromatic heterocycles. The molecule has 0 bridgehead atoms. The molecule has 0 spiro atoms. The second kappa shape index (κ2) is 6.78. The maximum absolute atomic E-state index is 13.3. The lowest BCUT2D eigenvalue weighted by Crippen LogP contribution is -2.12. The molecule has 0 fully saturated rings. The lowest BCUT2D eigenvalue weighted by atomic mass is 9.81. The number of aliphatic hydroxyl groups excluding tert-OH is 1. The van der Waals surface area contributed by atoms with Crippen LogP contribution >= 0.6 is 0 Å². The van der Waals surface area contributed by atoms with E-state index in [1.54, 1.807) is 6.20 Å². The predicted octanol–water partition coefficient (Wildman–Crippen LogP) is 2.99. The van der Waals surface area contributed by atoms with Crippen LogP contribution < -0.4 is 0 Å². The van der Waals surface area contributed by atoms with E-state index in [2.05, 4.69) is 11.1 Å². The lowest BCUT2D eigenvalue weighted by molar-refractivity contribution is 0.272. The molecule has 0 radical (unpaired) electrons. The standard InChI is InChI=1S/C16H15FN2O/c17-14-8-13(10-19-11-14)15(6-7-20)16(9-18)12-4-2-1-3-5-12/h1-5,8,10-11,15-16,20H,6-7H2/t15-,16-/m0/s1. The van der Waals surface area contributed by atoms with E-state index in [9.17, 15) is 14.8 Å². The highest BCUT2D eigenvalue weighted by Gasteiger charge is 2.25. The Morgan fingerprint density at radius 3 is 2.55 bits per heavy atom. The zero-order valence-electron chi connectivity index (χ0n) is 10.9. The first-order valence-electron chi connectivity index (χ1n) is 6.42. The maximum Gasteiger partial charge on any atom is 0.141 e. The van der Waals surface area contributed by atoms with Gasteiger partial charge in [0.15, 0.2) is 0 Å². The maximum atomic E-state index is 13.3. The molecule has 0 aliphatic heterocycles. The SMILES string of the molecule is N#C[C@@H](c1ccccc1)[C@@H](CCO)c1cncc(F)c1. The summed E-state index contributed by atoms with van der Waals surface area (Å²) in [5, 5.41) is 18.7. The fourth-order valence-electron chi connectivity index (χ4n) is 2.35. The van der Waals surface area contributed by atoms with Crippen LogP contribution in [0.2, 0.25) is 0 Å². The third kappa shape index (κ3) is 3.19. The summed E-state index contributed by atoms with van der Waals surface area (Å²) < 4.78 is 13.3. The van der Waals surface area contributed by atoms with Gasteiger partial charge in [0.05, 0.1) is 18.2 Å². The molecule has 1 aromatic carbocycles. The highest BCUT2D eigenvalue weighted by Crippen LogP contribution is 2.34. The summed E-state index contributed by atoms with van der Waals surface area (Å²) in [5.41, 5.74) is 1.49. The molecule has 102 valence electrons. The van der Waals surface area contributed by atoms with Crippen LogP contribution in [0.5, 0.6) is 0 Å². The summed E-state index contributed by atoms with van der Waals surface area (Å²) in [6.45, 7) is -0.0633. The number of hydrogen-bond donors (Lipinski definition) is 1. The molecule has 1 heterocycles. The Morgan fingerprint density at radius 1 is 1.20 bits per heavy atom. The van der Waals surface area contributed by atoms with E-state index < -0.39 is 11.7 Å². The van der Waals surface area contributed by atoms with Crippen molar-refractivity contribution in [1.29, 1.82) is 5.26 Å². The minimum Gasteiger partial charge on any atom is -0.396 e. The van der Waals surface area contributed by atoms with Crippen LogP contribution in [-0.2, 0) is 0 Å². The molecule has 4 heteroatoms. The minimum atomic E-state index is -0.438. The van der Waals surface area contributed by atoms with Crippen LogP contribution in [0.15, 0.2) is 48.8 Å². The van der Waals surface area contributed by atoms with Gasteiger partial charge in [-0.15, -0.1) is 0 Å². The second-order valence-corrected chi connectivity index (χ2v) is 4.57. The molecule has 3 nitrogen and oxygen atoms in total. The van der Waals surface area contributed by atoms with Crippen molar-refractivity contribution in [2.75, 3.05) is 6.61 Å². The van der Waals surface area contributed by atoms with Gasteiger partial charge < -0.3 is 5.11 Å². The zero-order chi connectivity index (χ0) is 14.4. The molecule has 2 aromatic rings. The van der Waals surface area contributed by atoms with Gasteiger partial charge in [-0.2, -0.15) is 5.26 Å². The van der Waals surface area contributed by atoms with E-state index in [1.807, 2.05) is 30.3 Å². The van der Waals surface area contributed by atoms with Crippen molar-refractivity contribution >= 4 is 0 Å². The molecular weight excluding hydrogens is 255 g/mol. The fraction of sp³-hybridized carbons (Fsp3) is 0.250. The predicted molar refractivity (Wildman–Crippen MR) is 73.4 cm³/mol. The van der Waals surface area contributed by atoms with Crippen LogP contribution in [-0.4, -0.2) is 16.7 Å². The average Bonchev–Trinajstić information content (AvgIpc) is 2.48. The fourth-order valence-corrected chi connectivity index (χ4v) is 2.35. The Morgan fingerprint density at radius 2 is 1.95 bits per heavy atom. The summed E-state index contributed by atoms with van der Waals surface area (Å²) >= 11 is 0. The van der Waals surface area contributed by atoms with Crippen LogP contribution in [0.4, 0.5) is 4.39 Å². The number of halogens is 1. The molecule has 2 rings (SSSR count). The van der Waals surface area contributed by atoms with Gasteiger partial charge in [-0.25, -0.2) is 4.39 Å². The zero-order valence-corrected chi connectivity index (χ0v) is 10.9. The first-order valence-corrected chi connectivity index (χ1v) is 6.42. The number of hydrogen-bond acceptors (Lipinski definition) is 3. The van der Waals surface area contributed by atoms with Crippen LogP contribution in [0.25, 0.3) is 0 Å². The third-order valence-corrected chi connectivity index (χ3v) is 3.29. The normalized spacial score (nSPS) is 13.4. The van der Waals surface area contributed by atoms with Gasteiger partial charge in [0, 0.05) is 18.7 Å². The molecular formula is C16H15FN2O. The number of nitrogens with zero attached hydrogens (tertiary/aromatic N) is 2. The quantitative estimate of drug-likeness (QED) is 0.908. The van der Waals surface area contributed by atoms with E-state index in [-0.39, 0.29) is 12.5 Å². The smallest absolute Gasteiger partial charge is 0.141 e. The largest absolute Gasteiger partial charge is 0.396 e. The Hall–Kier alpha value is -2.25. The summed E-state index contributed by atoms with van der Waals surface area (Å²) in [6, 6.07) is 13.0. The number of pyridine rings is 1. The van der Waals surface area contributed by atoms with Gasteiger partial charge in [-0.1, -0.05) is 30.3 Å². The number of aromatic nitrogens is 1. The Balaban J connectivity index is 2.39. The van der Waals surface area contributed by atoms with Crippen LogP contribution in [0.3, 0.4) is 0 Å². The van der Waals surface area contributed by atoms with Crippen molar-refractivity contribution in [3.8, 4) is 6.07 Å². The Labute approximate surface area is 117 Å². The molecule has 2 atom stereocenters. The van der Waals surface area contributed by atoms with Gasteiger partial charge in [0.25, 0.3) is 0 Å². The van der Waals surface area contributed by atoms with Crippen molar-refractivity contribution in [3.63, 3.8) is 0 Å². The van der Waals surface area contributed by atoms with Gasteiger partial charge >= 0.3 is 0 Å². The molecule has 0 aliphatic carbocycles. The van der Waals surface area contributed by atoms with E-state index >= 15 is 0 Å². The summed E-state index contributed by atoms with van der Waals surface area (Å²) in [6.07, 6.45) is 3.07. The number of rotatable bonds is 5. The second-order valence-electron chi connectivity index (χ2n) is 4.57. The lowest BCUT2D eigenvalue weighted by Gasteiger charge is -2.21. The topological polar surface area (TPSA) is 56.9 Å². The Kier molecular flexibility index (Phi) is 4.80. The molecule has 0 saturated heterocycles. The van der Waals surface area contributed by atoms with Crippen molar-refractivity contribution in [1.82, 2.24) is 4.98 Å². The minimum absolute atomic E-state index is 0.0633. The third-order valence-electron chi connectivity index (χ3n) is 3.29. The molecule has 0 amide bonds. The highest BCUT2D eigenvalue weighted by molar-refractivity contribution is 5.32. The van der Waals surface area contributed by atoms with E-state index in [1.165, 1.54) is 6.07 Å². The van der Waals surface area contributed by atoms with Gasteiger partial charge in [-0.05, 0) is 23.6 Å².